The second-order valence-corrected chi connectivity index (χ2v) is 5.83. The van der Waals surface area contributed by atoms with Crippen molar-refractivity contribution >= 4 is 35.6 Å². The molecule has 1 heterocycles. The van der Waals surface area contributed by atoms with Crippen LogP contribution in [0.25, 0.3) is 0 Å². The highest BCUT2D eigenvalue weighted by molar-refractivity contribution is 14.0. The first kappa shape index (κ1) is 22.1. The van der Waals surface area contributed by atoms with E-state index in [-0.39, 0.29) is 24.0 Å². The third-order valence-electron chi connectivity index (χ3n) is 4.20. The van der Waals surface area contributed by atoms with Crippen molar-refractivity contribution in [2.75, 3.05) is 26.1 Å². The molecule has 0 atom stereocenters. The van der Waals surface area contributed by atoms with Gasteiger partial charge in [-0.15, -0.1) is 24.0 Å². The number of rotatable bonds is 7. The van der Waals surface area contributed by atoms with Crippen molar-refractivity contribution in [2.45, 2.75) is 26.7 Å². The van der Waals surface area contributed by atoms with Gasteiger partial charge in [0.15, 0.2) is 5.96 Å². The smallest absolute Gasteiger partial charge is 0.193 e. The minimum Gasteiger partial charge on any atom is -0.497 e. The van der Waals surface area contributed by atoms with Crippen molar-refractivity contribution < 1.29 is 9.47 Å². The van der Waals surface area contributed by atoms with E-state index in [0.29, 0.717) is 18.3 Å². The maximum absolute atomic E-state index is 5.99. The van der Waals surface area contributed by atoms with Crippen molar-refractivity contribution in [3.05, 3.63) is 35.2 Å². The fourth-order valence-electron chi connectivity index (χ4n) is 2.72. The van der Waals surface area contributed by atoms with Crippen LogP contribution in [0.1, 0.15) is 23.4 Å². The summed E-state index contributed by atoms with van der Waals surface area (Å²) in [7, 11) is 5.19. The molecule has 3 N–H and O–H groups in total. The van der Waals surface area contributed by atoms with Gasteiger partial charge in [-0.2, -0.15) is 5.10 Å². The fourth-order valence-corrected chi connectivity index (χ4v) is 2.72. The molecule has 0 unspecified atom stereocenters. The zero-order chi connectivity index (χ0) is 18.4. The summed E-state index contributed by atoms with van der Waals surface area (Å²) in [5, 5.41) is 7.50. The van der Waals surface area contributed by atoms with Crippen LogP contribution in [-0.4, -0.2) is 36.5 Å². The van der Waals surface area contributed by atoms with Gasteiger partial charge in [-0.05, 0) is 44.4 Å². The number of aryl methyl sites for hydroxylation is 2. The van der Waals surface area contributed by atoms with E-state index < -0.39 is 0 Å². The van der Waals surface area contributed by atoms with Gasteiger partial charge in [-0.25, -0.2) is 0 Å². The van der Waals surface area contributed by atoms with Crippen LogP contribution in [0.2, 0.25) is 0 Å². The minimum absolute atomic E-state index is 0. The number of halogens is 1. The Morgan fingerprint density at radius 2 is 2.00 bits per heavy atom. The van der Waals surface area contributed by atoms with E-state index in [1.807, 2.05) is 36.9 Å². The lowest BCUT2D eigenvalue weighted by Gasteiger charge is -2.12. The summed E-state index contributed by atoms with van der Waals surface area (Å²) in [6.45, 7) is 4.76. The van der Waals surface area contributed by atoms with Gasteiger partial charge < -0.3 is 20.5 Å². The largest absolute Gasteiger partial charge is 0.497 e. The van der Waals surface area contributed by atoms with Gasteiger partial charge in [-0.3, -0.25) is 9.67 Å². The molecule has 144 valence electrons. The van der Waals surface area contributed by atoms with Crippen molar-refractivity contribution in [3.63, 3.8) is 0 Å². The molecule has 2 aromatic rings. The third-order valence-corrected chi connectivity index (χ3v) is 4.20. The van der Waals surface area contributed by atoms with Gasteiger partial charge in [0.05, 0.1) is 25.6 Å². The van der Waals surface area contributed by atoms with Crippen LogP contribution >= 0.6 is 24.0 Å². The predicted octanol–water partition coefficient (Wildman–Crippen LogP) is 3.03. The number of methoxy groups -OCH3 is 2. The Labute approximate surface area is 172 Å². The van der Waals surface area contributed by atoms with Gasteiger partial charge in [-0.1, -0.05) is 0 Å². The summed E-state index contributed by atoms with van der Waals surface area (Å²) >= 11 is 0. The van der Waals surface area contributed by atoms with E-state index in [4.69, 9.17) is 15.2 Å². The second-order valence-electron chi connectivity index (χ2n) is 5.83. The molecule has 0 aliphatic carbocycles. The number of nitrogens with two attached hydrogens (primary N) is 1. The second kappa shape index (κ2) is 10.2. The molecule has 0 aliphatic rings. The summed E-state index contributed by atoms with van der Waals surface area (Å²) in [6, 6.07) is 5.47. The number of nitrogens with one attached hydrogen (secondary N) is 1. The molecule has 0 saturated carbocycles. The molecule has 0 fully saturated rings. The monoisotopic (exact) mass is 473 g/mol. The number of hydrogen-bond acceptors (Lipinski definition) is 4. The van der Waals surface area contributed by atoms with E-state index in [2.05, 4.69) is 22.3 Å². The topological polar surface area (TPSA) is 86.7 Å². The summed E-state index contributed by atoms with van der Waals surface area (Å²) in [6.07, 6.45) is 1.84. The van der Waals surface area contributed by atoms with Crippen molar-refractivity contribution in [1.29, 1.82) is 0 Å². The molecule has 1 aromatic carbocycles. The Morgan fingerprint density at radius 1 is 1.27 bits per heavy atom. The highest BCUT2D eigenvalue weighted by Crippen LogP contribution is 2.28. The van der Waals surface area contributed by atoms with Crippen molar-refractivity contribution in [1.82, 2.24) is 9.78 Å². The maximum Gasteiger partial charge on any atom is 0.193 e. The van der Waals surface area contributed by atoms with Crippen LogP contribution in [0.15, 0.2) is 23.2 Å². The molecule has 0 bridgehead atoms. The zero-order valence-electron chi connectivity index (χ0n) is 16.0. The van der Waals surface area contributed by atoms with Gasteiger partial charge in [0, 0.05) is 25.4 Å². The number of aromatic nitrogens is 2. The average molecular weight is 473 g/mol. The highest BCUT2D eigenvalue weighted by Gasteiger charge is 2.09. The predicted molar refractivity (Wildman–Crippen MR) is 116 cm³/mol. The molecular weight excluding hydrogens is 445 g/mol. The van der Waals surface area contributed by atoms with E-state index in [0.717, 1.165) is 30.0 Å². The number of nitrogens with zero attached hydrogens (tertiary/aromatic N) is 3. The molecule has 1 aromatic heterocycles. The SMILES string of the molecule is COc1ccc(OC)c(NC(N)=NCCCc2c(C)nn(C)c2C)c1.I. The van der Waals surface area contributed by atoms with Crippen LogP contribution in [0, 0.1) is 13.8 Å². The normalized spacial score (nSPS) is 11.0. The Kier molecular flexibility index (Phi) is 8.70. The zero-order valence-corrected chi connectivity index (χ0v) is 18.3. The molecule has 7 nitrogen and oxygen atoms in total. The van der Waals surface area contributed by atoms with Crippen LogP contribution in [0.5, 0.6) is 11.5 Å². The number of ether oxygens (including phenoxy) is 2. The number of aliphatic imine (C=N–C) groups is 1. The number of benzene rings is 1. The summed E-state index contributed by atoms with van der Waals surface area (Å²) in [5.74, 6) is 1.75. The number of anilines is 1. The molecule has 0 saturated heterocycles. The molecule has 0 amide bonds. The fraction of sp³-hybridized carbons (Fsp3) is 0.444. The Hall–Kier alpha value is -1.97. The van der Waals surface area contributed by atoms with E-state index in [9.17, 15) is 0 Å². The quantitative estimate of drug-likeness (QED) is 0.280. The molecule has 0 aliphatic heterocycles. The molecule has 0 radical (unpaired) electrons. The Balaban J connectivity index is 0.00000338. The third kappa shape index (κ3) is 5.52. The first-order chi connectivity index (χ1) is 12.0. The van der Waals surface area contributed by atoms with E-state index in [1.54, 1.807) is 14.2 Å². The lowest BCUT2D eigenvalue weighted by Crippen LogP contribution is -2.23. The van der Waals surface area contributed by atoms with Gasteiger partial charge in [0.1, 0.15) is 11.5 Å². The van der Waals surface area contributed by atoms with Crippen LogP contribution < -0.4 is 20.5 Å². The van der Waals surface area contributed by atoms with Crippen LogP contribution in [0.4, 0.5) is 5.69 Å². The van der Waals surface area contributed by atoms with Gasteiger partial charge in [0.25, 0.3) is 0 Å². The summed E-state index contributed by atoms with van der Waals surface area (Å²) in [5.41, 5.74) is 10.3. The summed E-state index contributed by atoms with van der Waals surface area (Å²) in [4.78, 5) is 4.39. The van der Waals surface area contributed by atoms with Crippen LogP contribution in [0.3, 0.4) is 0 Å². The Bertz CT molecular complexity index is 758. The maximum atomic E-state index is 5.99. The number of hydrogen-bond donors (Lipinski definition) is 2. The first-order valence-electron chi connectivity index (χ1n) is 8.24. The van der Waals surface area contributed by atoms with E-state index in [1.165, 1.54) is 11.3 Å². The lowest BCUT2D eigenvalue weighted by molar-refractivity contribution is 0.405. The minimum atomic E-state index is 0. The molecular formula is C18H28IN5O2. The van der Waals surface area contributed by atoms with Gasteiger partial charge in [0.2, 0.25) is 0 Å². The molecule has 0 spiro atoms. The van der Waals surface area contributed by atoms with E-state index >= 15 is 0 Å². The molecule has 8 heteroatoms. The average Bonchev–Trinajstić information content (AvgIpc) is 2.84. The Morgan fingerprint density at radius 3 is 2.58 bits per heavy atom. The number of guanidine groups is 1. The van der Waals surface area contributed by atoms with Crippen molar-refractivity contribution in [3.8, 4) is 11.5 Å². The standard InChI is InChI=1S/C18H27N5O2.HI/c1-12-15(13(2)23(3)22-12)7-6-10-20-18(19)21-16-11-14(24-4)8-9-17(16)25-5;/h8-9,11H,6-7,10H2,1-5H3,(H3,19,20,21);1H. The summed E-state index contributed by atoms with van der Waals surface area (Å²) < 4.78 is 12.5. The van der Waals surface area contributed by atoms with Crippen LogP contribution in [-0.2, 0) is 13.5 Å². The van der Waals surface area contributed by atoms with Crippen molar-refractivity contribution in [2.24, 2.45) is 17.8 Å². The molecule has 26 heavy (non-hydrogen) atoms. The first-order valence-corrected chi connectivity index (χ1v) is 8.24. The highest BCUT2D eigenvalue weighted by atomic mass is 127. The van der Waals surface area contributed by atoms with Gasteiger partial charge >= 0.3 is 0 Å². The lowest BCUT2D eigenvalue weighted by atomic mass is 10.1. The molecule has 2 rings (SSSR count).